The van der Waals surface area contributed by atoms with Crippen molar-refractivity contribution in [2.45, 2.75) is 38.1 Å². The zero-order chi connectivity index (χ0) is 6.27. The van der Waals surface area contributed by atoms with Gasteiger partial charge in [0.2, 0.25) is 0 Å². The highest BCUT2D eigenvalue weighted by molar-refractivity contribution is 5.85. The highest BCUT2D eigenvalue weighted by Gasteiger charge is 2.24. The Balaban J connectivity index is 0.000000500. The lowest BCUT2D eigenvalue weighted by atomic mass is 9.77. The van der Waals surface area contributed by atoms with Crippen molar-refractivity contribution in [3.8, 4) is 0 Å². The van der Waals surface area contributed by atoms with Gasteiger partial charge in [-0.2, -0.15) is 0 Å². The van der Waals surface area contributed by atoms with Gasteiger partial charge in [0.25, 0.3) is 0 Å². The van der Waals surface area contributed by atoms with E-state index in [1.165, 1.54) is 32.1 Å². The molecule has 2 aliphatic carbocycles. The van der Waals surface area contributed by atoms with Gasteiger partial charge in [-0.3, -0.25) is 0 Å². The van der Waals surface area contributed by atoms with E-state index in [4.69, 9.17) is 5.73 Å². The maximum absolute atomic E-state index is 5.65. The fourth-order valence-corrected chi connectivity index (χ4v) is 1.57. The average Bonchev–Trinajstić information content (AvgIpc) is 1.57. The Bertz CT molecular complexity index is 149. The first kappa shape index (κ1) is 8.09. The molecule has 0 heterocycles. The Morgan fingerprint density at radius 3 is 2.00 bits per heavy atom. The number of halogens is 1. The Kier molecular flexibility index (Phi) is 2.37. The molecule has 0 spiro atoms. The van der Waals surface area contributed by atoms with Gasteiger partial charge < -0.3 is 5.73 Å². The summed E-state index contributed by atoms with van der Waals surface area (Å²) in [5, 5.41) is 0. The molecule has 1 nitrogen and oxygen atoms in total. The third-order valence-corrected chi connectivity index (χ3v) is 2.47. The van der Waals surface area contributed by atoms with Gasteiger partial charge in [-0.1, -0.05) is 11.1 Å². The second-order valence-electron chi connectivity index (χ2n) is 3.23. The molecule has 2 saturated carbocycles. The van der Waals surface area contributed by atoms with Gasteiger partial charge in [-0.25, -0.2) is 0 Å². The smallest absolute Gasteiger partial charge is 0.0114 e. The summed E-state index contributed by atoms with van der Waals surface area (Å²) in [6.45, 7) is 0. The molecule has 2 fully saturated rings. The molecule has 2 rings (SSSR count). The molecule has 0 radical (unpaired) electrons. The van der Waals surface area contributed by atoms with Crippen LogP contribution in [0.1, 0.15) is 32.1 Å². The molecule has 10 heavy (non-hydrogen) atoms. The summed E-state index contributed by atoms with van der Waals surface area (Å²) in [7, 11) is 0. The molecule has 0 bridgehead atoms. The molecular weight excluding hydrogens is 146 g/mol. The lowest BCUT2D eigenvalue weighted by Crippen LogP contribution is -2.31. The molecule has 0 aromatic carbocycles. The van der Waals surface area contributed by atoms with Crippen LogP contribution in [0.2, 0.25) is 0 Å². The van der Waals surface area contributed by atoms with Crippen LogP contribution in [0.4, 0.5) is 0 Å². The molecule has 0 aromatic rings. The normalized spacial score (nSPS) is 30.3. The average molecular weight is 160 g/mol. The fourth-order valence-electron chi connectivity index (χ4n) is 1.57. The van der Waals surface area contributed by atoms with Crippen LogP contribution in [0.3, 0.4) is 0 Å². The topological polar surface area (TPSA) is 26.0 Å². The van der Waals surface area contributed by atoms with Crippen LogP contribution < -0.4 is 5.73 Å². The minimum absolute atomic E-state index is 0. The van der Waals surface area contributed by atoms with Crippen LogP contribution in [0, 0.1) is 0 Å². The van der Waals surface area contributed by atoms with E-state index in [9.17, 15) is 0 Å². The van der Waals surface area contributed by atoms with Gasteiger partial charge in [-0.15, -0.1) is 12.4 Å². The van der Waals surface area contributed by atoms with Gasteiger partial charge in [0, 0.05) is 6.04 Å². The summed E-state index contributed by atoms with van der Waals surface area (Å²) in [5.41, 5.74) is 9.07. The highest BCUT2D eigenvalue weighted by Crippen LogP contribution is 2.37. The third kappa shape index (κ3) is 1.21. The molecule has 0 aromatic heterocycles. The van der Waals surface area contributed by atoms with E-state index in [0.717, 1.165) is 0 Å². The summed E-state index contributed by atoms with van der Waals surface area (Å²) in [5.74, 6) is 0. The summed E-state index contributed by atoms with van der Waals surface area (Å²) < 4.78 is 0. The number of hydrogen-bond donors (Lipinski definition) is 1. The largest absolute Gasteiger partial charge is 0.327 e. The summed E-state index contributed by atoms with van der Waals surface area (Å²) in [4.78, 5) is 0. The lowest BCUT2D eigenvalue weighted by Gasteiger charge is -2.32. The van der Waals surface area contributed by atoms with Crippen molar-refractivity contribution >= 4 is 12.4 Å². The van der Waals surface area contributed by atoms with E-state index < -0.39 is 0 Å². The minimum Gasteiger partial charge on any atom is -0.327 e. The first-order valence-corrected chi connectivity index (χ1v) is 3.81. The molecule has 0 aliphatic heterocycles. The van der Waals surface area contributed by atoms with Crippen molar-refractivity contribution in [1.82, 2.24) is 0 Å². The number of hydrogen-bond acceptors (Lipinski definition) is 1. The van der Waals surface area contributed by atoms with Gasteiger partial charge >= 0.3 is 0 Å². The predicted molar refractivity (Wildman–Crippen MR) is 45.3 cm³/mol. The molecule has 0 amide bonds. The van der Waals surface area contributed by atoms with E-state index in [1.807, 2.05) is 0 Å². The maximum Gasteiger partial charge on any atom is 0.0114 e. The van der Waals surface area contributed by atoms with Crippen LogP contribution in [-0.4, -0.2) is 6.04 Å². The predicted octanol–water partition coefficient (Wildman–Crippen LogP) is 2.01. The standard InChI is InChI=1S/C8H13N.ClH/c9-8-4-7(5-8)6-2-1-3-6;/h8H,1-5,9H2;1H. The summed E-state index contributed by atoms with van der Waals surface area (Å²) >= 11 is 0. The van der Waals surface area contributed by atoms with Crippen LogP contribution in [0.15, 0.2) is 11.1 Å². The first-order valence-electron chi connectivity index (χ1n) is 3.81. The summed E-state index contributed by atoms with van der Waals surface area (Å²) in [6, 6.07) is 0.507. The summed E-state index contributed by atoms with van der Waals surface area (Å²) in [6.07, 6.45) is 6.59. The third-order valence-electron chi connectivity index (χ3n) is 2.47. The van der Waals surface area contributed by atoms with Gasteiger partial charge in [0.05, 0.1) is 0 Å². The van der Waals surface area contributed by atoms with Gasteiger partial charge in [0.15, 0.2) is 0 Å². The van der Waals surface area contributed by atoms with Crippen molar-refractivity contribution in [2.75, 3.05) is 0 Å². The van der Waals surface area contributed by atoms with Gasteiger partial charge in [-0.05, 0) is 32.1 Å². The molecule has 0 saturated heterocycles. The molecule has 2 N–H and O–H groups in total. The Hall–Kier alpha value is -0.0100. The number of rotatable bonds is 0. The quantitative estimate of drug-likeness (QED) is 0.538. The van der Waals surface area contributed by atoms with E-state index in [0.29, 0.717) is 6.04 Å². The zero-order valence-electron chi connectivity index (χ0n) is 6.10. The van der Waals surface area contributed by atoms with E-state index in [1.54, 1.807) is 11.1 Å². The monoisotopic (exact) mass is 159 g/mol. The SMILES string of the molecule is Cl.NC1CC(=C2CCC2)C1. The molecule has 0 unspecified atom stereocenters. The second kappa shape index (κ2) is 2.93. The Morgan fingerprint density at radius 2 is 1.70 bits per heavy atom. The molecular formula is C8H14ClN. The number of nitrogens with two attached hydrogens (primary N) is 1. The molecule has 2 heteroatoms. The highest BCUT2D eigenvalue weighted by atomic mass is 35.5. The minimum atomic E-state index is 0. The maximum atomic E-state index is 5.65. The van der Waals surface area contributed by atoms with Crippen LogP contribution in [-0.2, 0) is 0 Å². The van der Waals surface area contributed by atoms with E-state index in [2.05, 4.69) is 0 Å². The zero-order valence-corrected chi connectivity index (χ0v) is 6.91. The van der Waals surface area contributed by atoms with Crippen LogP contribution >= 0.6 is 12.4 Å². The van der Waals surface area contributed by atoms with Crippen LogP contribution in [0.5, 0.6) is 0 Å². The van der Waals surface area contributed by atoms with Crippen molar-refractivity contribution in [3.63, 3.8) is 0 Å². The van der Waals surface area contributed by atoms with Crippen molar-refractivity contribution in [3.05, 3.63) is 11.1 Å². The lowest BCUT2D eigenvalue weighted by molar-refractivity contribution is 0.504. The Labute approximate surface area is 68.1 Å². The van der Waals surface area contributed by atoms with E-state index in [-0.39, 0.29) is 12.4 Å². The fraction of sp³-hybridized carbons (Fsp3) is 0.750. The van der Waals surface area contributed by atoms with Crippen molar-refractivity contribution < 1.29 is 0 Å². The second-order valence-corrected chi connectivity index (χ2v) is 3.23. The van der Waals surface area contributed by atoms with Crippen molar-refractivity contribution in [2.24, 2.45) is 5.73 Å². The molecule has 2 aliphatic rings. The van der Waals surface area contributed by atoms with Gasteiger partial charge in [0.1, 0.15) is 0 Å². The Morgan fingerprint density at radius 1 is 1.10 bits per heavy atom. The molecule has 58 valence electrons. The molecule has 0 atom stereocenters. The van der Waals surface area contributed by atoms with Crippen molar-refractivity contribution in [1.29, 1.82) is 0 Å². The van der Waals surface area contributed by atoms with E-state index >= 15 is 0 Å². The first-order chi connectivity index (χ1) is 4.36. The van der Waals surface area contributed by atoms with Crippen LogP contribution in [0.25, 0.3) is 0 Å². The number of allylic oxidation sites excluding steroid dienone is 1.